The van der Waals surface area contributed by atoms with Crippen LogP contribution in [0.5, 0.6) is 0 Å². The molecule has 1 heterocycles. The molecule has 0 saturated heterocycles. The fourth-order valence-corrected chi connectivity index (χ4v) is 2.46. The molecule has 1 aromatic carbocycles. The summed E-state index contributed by atoms with van der Waals surface area (Å²) in [5, 5.41) is 7.81. The third-order valence-corrected chi connectivity index (χ3v) is 3.44. The Kier molecular flexibility index (Phi) is 5.28. The van der Waals surface area contributed by atoms with Crippen molar-refractivity contribution in [3.8, 4) is 5.69 Å². The molecule has 0 unspecified atom stereocenters. The molecule has 0 aliphatic rings. The zero-order chi connectivity index (χ0) is 14.5. The summed E-state index contributed by atoms with van der Waals surface area (Å²) < 4.78 is 7.98. The molecule has 1 aromatic heterocycles. The molecule has 0 bridgehead atoms. The SMILES string of the molecule is COCCNCc1cc(Br)ccc1-n1nc(C)nc1C. The van der Waals surface area contributed by atoms with Crippen LogP contribution in [-0.4, -0.2) is 35.0 Å². The van der Waals surface area contributed by atoms with Gasteiger partial charge in [-0.2, -0.15) is 5.10 Å². The van der Waals surface area contributed by atoms with Crippen LogP contribution in [0.15, 0.2) is 22.7 Å². The third-order valence-electron chi connectivity index (χ3n) is 2.94. The van der Waals surface area contributed by atoms with Gasteiger partial charge in [0.15, 0.2) is 0 Å². The molecule has 5 nitrogen and oxygen atoms in total. The maximum Gasteiger partial charge on any atom is 0.148 e. The molecule has 2 aromatic rings. The Morgan fingerprint density at radius 2 is 2.15 bits per heavy atom. The van der Waals surface area contributed by atoms with Gasteiger partial charge in [0.1, 0.15) is 11.6 Å². The topological polar surface area (TPSA) is 52.0 Å². The number of nitrogens with one attached hydrogen (secondary N) is 1. The van der Waals surface area contributed by atoms with Crippen LogP contribution in [0.3, 0.4) is 0 Å². The Bertz CT molecular complexity index is 583. The summed E-state index contributed by atoms with van der Waals surface area (Å²) in [7, 11) is 1.70. The lowest BCUT2D eigenvalue weighted by Gasteiger charge is -2.12. The summed E-state index contributed by atoms with van der Waals surface area (Å²) in [5.74, 6) is 1.67. The van der Waals surface area contributed by atoms with E-state index in [-0.39, 0.29) is 0 Å². The highest BCUT2D eigenvalue weighted by molar-refractivity contribution is 9.10. The second-order valence-electron chi connectivity index (χ2n) is 4.56. The van der Waals surface area contributed by atoms with Gasteiger partial charge >= 0.3 is 0 Å². The molecule has 0 spiro atoms. The Morgan fingerprint density at radius 3 is 2.80 bits per heavy atom. The summed E-state index contributed by atoms with van der Waals surface area (Å²) in [4.78, 5) is 4.36. The largest absolute Gasteiger partial charge is 0.383 e. The number of aryl methyl sites for hydroxylation is 2. The quantitative estimate of drug-likeness (QED) is 0.821. The average Bonchev–Trinajstić information content (AvgIpc) is 2.74. The van der Waals surface area contributed by atoms with Crippen LogP contribution in [0.4, 0.5) is 0 Å². The van der Waals surface area contributed by atoms with E-state index < -0.39 is 0 Å². The molecule has 0 radical (unpaired) electrons. The molecule has 0 saturated carbocycles. The van der Waals surface area contributed by atoms with Crippen molar-refractivity contribution >= 4 is 15.9 Å². The zero-order valence-corrected chi connectivity index (χ0v) is 13.6. The molecule has 0 atom stereocenters. The monoisotopic (exact) mass is 338 g/mol. The second kappa shape index (κ2) is 6.97. The lowest BCUT2D eigenvalue weighted by Crippen LogP contribution is -2.20. The predicted molar refractivity (Wildman–Crippen MR) is 82.1 cm³/mol. The highest BCUT2D eigenvalue weighted by Gasteiger charge is 2.10. The average molecular weight is 339 g/mol. The smallest absolute Gasteiger partial charge is 0.148 e. The summed E-state index contributed by atoms with van der Waals surface area (Å²) in [6, 6.07) is 6.18. The first-order valence-electron chi connectivity index (χ1n) is 6.50. The summed E-state index contributed by atoms with van der Waals surface area (Å²) in [5.41, 5.74) is 2.22. The van der Waals surface area contributed by atoms with Crippen molar-refractivity contribution in [1.82, 2.24) is 20.1 Å². The van der Waals surface area contributed by atoms with Gasteiger partial charge < -0.3 is 10.1 Å². The first kappa shape index (κ1) is 15.2. The van der Waals surface area contributed by atoms with Gasteiger partial charge in [-0.05, 0) is 37.6 Å². The van der Waals surface area contributed by atoms with Crippen LogP contribution in [0, 0.1) is 13.8 Å². The van der Waals surface area contributed by atoms with Crippen LogP contribution < -0.4 is 5.32 Å². The number of halogens is 1. The molecular weight excluding hydrogens is 320 g/mol. The van der Waals surface area contributed by atoms with Crippen molar-refractivity contribution < 1.29 is 4.74 Å². The van der Waals surface area contributed by atoms with Gasteiger partial charge in [0.25, 0.3) is 0 Å². The number of hydrogen-bond donors (Lipinski definition) is 1. The van der Waals surface area contributed by atoms with Gasteiger partial charge in [0, 0.05) is 24.7 Å². The van der Waals surface area contributed by atoms with Gasteiger partial charge in [-0.25, -0.2) is 9.67 Å². The van der Waals surface area contributed by atoms with Gasteiger partial charge in [0.05, 0.1) is 12.3 Å². The molecule has 108 valence electrons. The number of methoxy groups -OCH3 is 1. The zero-order valence-electron chi connectivity index (χ0n) is 12.0. The number of nitrogens with zero attached hydrogens (tertiary/aromatic N) is 3. The minimum Gasteiger partial charge on any atom is -0.383 e. The van der Waals surface area contributed by atoms with Gasteiger partial charge in [-0.15, -0.1) is 0 Å². The number of ether oxygens (including phenoxy) is 1. The van der Waals surface area contributed by atoms with E-state index in [4.69, 9.17) is 4.74 Å². The molecule has 2 rings (SSSR count). The third kappa shape index (κ3) is 3.65. The van der Waals surface area contributed by atoms with Crippen molar-refractivity contribution in [1.29, 1.82) is 0 Å². The van der Waals surface area contributed by atoms with E-state index in [2.05, 4.69) is 43.5 Å². The van der Waals surface area contributed by atoms with Crippen LogP contribution in [0.2, 0.25) is 0 Å². The Morgan fingerprint density at radius 1 is 1.35 bits per heavy atom. The van der Waals surface area contributed by atoms with Crippen LogP contribution in [0.25, 0.3) is 5.69 Å². The van der Waals surface area contributed by atoms with Crippen molar-refractivity contribution in [3.63, 3.8) is 0 Å². The molecule has 20 heavy (non-hydrogen) atoms. The summed E-state index contributed by atoms with van der Waals surface area (Å²) >= 11 is 3.52. The van der Waals surface area contributed by atoms with Crippen LogP contribution in [-0.2, 0) is 11.3 Å². The van der Waals surface area contributed by atoms with E-state index in [0.717, 1.165) is 34.9 Å². The van der Waals surface area contributed by atoms with Crippen molar-refractivity contribution in [3.05, 3.63) is 39.9 Å². The molecule has 0 aliphatic heterocycles. The van der Waals surface area contributed by atoms with E-state index >= 15 is 0 Å². The number of benzene rings is 1. The lowest BCUT2D eigenvalue weighted by molar-refractivity contribution is 0.199. The highest BCUT2D eigenvalue weighted by atomic mass is 79.9. The van der Waals surface area contributed by atoms with Crippen LogP contribution in [0.1, 0.15) is 17.2 Å². The lowest BCUT2D eigenvalue weighted by atomic mass is 10.1. The van der Waals surface area contributed by atoms with E-state index in [0.29, 0.717) is 6.61 Å². The normalized spacial score (nSPS) is 11.0. The van der Waals surface area contributed by atoms with Crippen molar-refractivity contribution in [2.75, 3.05) is 20.3 Å². The first-order valence-corrected chi connectivity index (χ1v) is 7.30. The minimum atomic E-state index is 0.699. The molecule has 1 N–H and O–H groups in total. The summed E-state index contributed by atoms with van der Waals surface area (Å²) in [6.45, 7) is 6.14. The molecule has 6 heteroatoms. The predicted octanol–water partition coefficient (Wildman–Crippen LogP) is 2.38. The second-order valence-corrected chi connectivity index (χ2v) is 5.48. The molecular formula is C14H19BrN4O. The van der Waals surface area contributed by atoms with E-state index in [1.165, 1.54) is 5.56 Å². The summed E-state index contributed by atoms with van der Waals surface area (Å²) in [6.07, 6.45) is 0. The van der Waals surface area contributed by atoms with Gasteiger partial charge in [0.2, 0.25) is 0 Å². The van der Waals surface area contributed by atoms with Crippen molar-refractivity contribution in [2.45, 2.75) is 20.4 Å². The Balaban J connectivity index is 2.26. The van der Waals surface area contributed by atoms with Gasteiger partial charge in [-0.3, -0.25) is 0 Å². The first-order chi connectivity index (χ1) is 9.61. The fourth-order valence-electron chi connectivity index (χ4n) is 2.05. The molecule has 0 aliphatic carbocycles. The van der Waals surface area contributed by atoms with Gasteiger partial charge in [-0.1, -0.05) is 15.9 Å². The molecule has 0 fully saturated rings. The van der Waals surface area contributed by atoms with Crippen molar-refractivity contribution in [2.24, 2.45) is 0 Å². The molecule has 0 amide bonds. The number of rotatable bonds is 6. The maximum atomic E-state index is 5.04. The van der Waals surface area contributed by atoms with E-state index in [9.17, 15) is 0 Å². The standard InChI is InChI=1S/C14H19BrN4O/c1-10-17-11(2)19(18-10)14-5-4-13(15)8-12(14)9-16-6-7-20-3/h4-5,8,16H,6-7,9H2,1-3H3. The van der Waals surface area contributed by atoms with E-state index in [1.807, 2.05) is 24.6 Å². The Labute approximate surface area is 127 Å². The Hall–Kier alpha value is -1.24. The fraction of sp³-hybridized carbons (Fsp3) is 0.429. The maximum absolute atomic E-state index is 5.04. The minimum absolute atomic E-state index is 0.699. The highest BCUT2D eigenvalue weighted by Crippen LogP contribution is 2.20. The van der Waals surface area contributed by atoms with Crippen LogP contribution >= 0.6 is 15.9 Å². The van der Waals surface area contributed by atoms with E-state index in [1.54, 1.807) is 7.11 Å². The number of hydrogen-bond acceptors (Lipinski definition) is 4. The number of aromatic nitrogens is 3.